The molecule has 3 aliphatic heterocycles. The SMILES string of the molecule is C[C@H]1COCCN1c1nc(-c2cnc(N)nc2)c2c(n1)N(C1CNC1)CC2.Cl.Cl. The van der Waals surface area contributed by atoms with E-state index < -0.39 is 0 Å². The standard InChI is InChI=1S/C18H24N8O.2ClH/c1-11-10-27-5-4-25(11)18-23-15(12-6-21-17(19)22-7-12)14-2-3-26(16(14)24-18)13-8-20-9-13;;/h6-7,11,13,20H,2-5,8-10H2,1H3,(H2,19,21,22);2*1H/t11-;;/m0../s1. The number of nitrogens with one attached hydrogen (secondary N) is 1. The molecule has 0 spiro atoms. The van der Waals surface area contributed by atoms with E-state index in [0.717, 1.165) is 55.6 Å². The fourth-order valence-electron chi connectivity index (χ4n) is 3.97. The lowest BCUT2D eigenvalue weighted by Crippen LogP contribution is -2.57. The number of ether oxygens (including phenoxy) is 1. The molecule has 0 aromatic carbocycles. The van der Waals surface area contributed by atoms with Gasteiger partial charge in [0.25, 0.3) is 0 Å². The van der Waals surface area contributed by atoms with Gasteiger partial charge in [-0.05, 0) is 13.3 Å². The van der Waals surface area contributed by atoms with Gasteiger partial charge in [-0.3, -0.25) is 0 Å². The molecule has 2 fully saturated rings. The van der Waals surface area contributed by atoms with Crippen molar-refractivity contribution in [1.29, 1.82) is 0 Å². The fraction of sp³-hybridized carbons (Fsp3) is 0.556. The van der Waals surface area contributed by atoms with E-state index in [9.17, 15) is 0 Å². The van der Waals surface area contributed by atoms with Crippen molar-refractivity contribution < 1.29 is 4.74 Å². The Balaban J connectivity index is 0.00000120. The first kappa shape index (κ1) is 21.8. The van der Waals surface area contributed by atoms with Crippen molar-refractivity contribution in [3.8, 4) is 11.3 Å². The second-order valence-corrected chi connectivity index (χ2v) is 7.38. The maximum atomic E-state index is 5.68. The molecule has 1 atom stereocenters. The lowest BCUT2D eigenvalue weighted by atomic mass is 10.1. The summed E-state index contributed by atoms with van der Waals surface area (Å²) in [5.41, 5.74) is 8.67. The molecule has 2 aromatic heterocycles. The Bertz CT molecular complexity index is 848. The number of hydrogen-bond donors (Lipinski definition) is 2. The van der Waals surface area contributed by atoms with Crippen LogP contribution in [0, 0.1) is 0 Å². The fourth-order valence-corrected chi connectivity index (χ4v) is 3.97. The van der Waals surface area contributed by atoms with Crippen LogP contribution in [0.25, 0.3) is 11.3 Å². The number of anilines is 3. The van der Waals surface area contributed by atoms with Gasteiger partial charge in [-0.1, -0.05) is 0 Å². The van der Waals surface area contributed by atoms with E-state index in [0.29, 0.717) is 19.3 Å². The Kier molecular flexibility index (Phi) is 6.62. The summed E-state index contributed by atoms with van der Waals surface area (Å²) in [6.45, 7) is 7.32. The van der Waals surface area contributed by atoms with Crippen molar-refractivity contribution >= 4 is 42.5 Å². The Labute approximate surface area is 182 Å². The van der Waals surface area contributed by atoms with E-state index in [1.54, 1.807) is 12.4 Å². The third kappa shape index (κ3) is 3.92. The zero-order chi connectivity index (χ0) is 18.4. The minimum Gasteiger partial charge on any atom is -0.377 e. The van der Waals surface area contributed by atoms with Gasteiger partial charge in [0.15, 0.2) is 0 Å². The zero-order valence-corrected chi connectivity index (χ0v) is 17.9. The molecule has 0 bridgehead atoms. The number of aromatic nitrogens is 4. The van der Waals surface area contributed by atoms with Crippen LogP contribution in [0.4, 0.5) is 17.7 Å². The summed E-state index contributed by atoms with van der Waals surface area (Å²) in [6, 6.07) is 0.749. The van der Waals surface area contributed by atoms with Gasteiger partial charge < -0.3 is 25.6 Å². The molecule has 0 amide bonds. The number of fused-ring (bicyclic) bond motifs is 1. The van der Waals surface area contributed by atoms with E-state index in [1.165, 1.54) is 5.56 Å². The van der Waals surface area contributed by atoms with Crippen LogP contribution in [0.5, 0.6) is 0 Å². The van der Waals surface area contributed by atoms with Gasteiger partial charge in [-0.15, -0.1) is 24.8 Å². The highest BCUT2D eigenvalue weighted by Crippen LogP contribution is 2.37. The van der Waals surface area contributed by atoms with E-state index in [-0.39, 0.29) is 36.8 Å². The smallest absolute Gasteiger partial charge is 0.228 e. The molecular formula is C18H26Cl2N8O. The molecule has 2 saturated heterocycles. The predicted molar refractivity (Wildman–Crippen MR) is 117 cm³/mol. The summed E-state index contributed by atoms with van der Waals surface area (Å²) < 4.78 is 5.59. The molecule has 0 unspecified atom stereocenters. The van der Waals surface area contributed by atoms with Crippen molar-refractivity contribution in [2.24, 2.45) is 0 Å². The van der Waals surface area contributed by atoms with E-state index in [2.05, 4.69) is 32.0 Å². The van der Waals surface area contributed by atoms with Crippen LogP contribution in [-0.2, 0) is 11.2 Å². The highest BCUT2D eigenvalue weighted by molar-refractivity contribution is 5.85. The first-order valence-electron chi connectivity index (χ1n) is 9.51. The number of nitrogens with two attached hydrogens (primary N) is 1. The molecule has 158 valence electrons. The van der Waals surface area contributed by atoms with Crippen LogP contribution < -0.4 is 20.9 Å². The first-order chi connectivity index (χ1) is 13.2. The molecule has 0 aliphatic carbocycles. The number of nitrogen functional groups attached to an aromatic ring is 1. The molecule has 9 nitrogen and oxygen atoms in total. The van der Waals surface area contributed by atoms with Gasteiger partial charge >= 0.3 is 0 Å². The summed E-state index contributed by atoms with van der Waals surface area (Å²) in [4.78, 5) is 23.0. The van der Waals surface area contributed by atoms with Crippen LogP contribution in [0.2, 0.25) is 0 Å². The number of morpholine rings is 1. The Morgan fingerprint density at radius 2 is 1.86 bits per heavy atom. The van der Waals surface area contributed by atoms with Crippen LogP contribution in [0.3, 0.4) is 0 Å². The number of halogens is 2. The topological polar surface area (TPSA) is 105 Å². The normalized spacial score (nSPS) is 21.1. The number of nitrogens with zero attached hydrogens (tertiary/aromatic N) is 6. The molecule has 0 radical (unpaired) electrons. The molecule has 3 N–H and O–H groups in total. The van der Waals surface area contributed by atoms with Crippen molar-refractivity contribution in [2.75, 3.05) is 54.9 Å². The van der Waals surface area contributed by atoms with Crippen LogP contribution in [0.15, 0.2) is 12.4 Å². The number of rotatable bonds is 3. The van der Waals surface area contributed by atoms with Gasteiger partial charge in [-0.2, -0.15) is 4.98 Å². The largest absolute Gasteiger partial charge is 0.377 e. The van der Waals surface area contributed by atoms with Crippen LogP contribution >= 0.6 is 24.8 Å². The van der Waals surface area contributed by atoms with Gasteiger partial charge in [0.1, 0.15) is 5.82 Å². The predicted octanol–water partition coefficient (Wildman–Crippen LogP) is 0.919. The summed E-state index contributed by atoms with van der Waals surface area (Å²) in [7, 11) is 0. The molecule has 5 rings (SSSR count). The maximum Gasteiger partial charge on any atom is 0.228 e. The summed E-state index contributed by atoms with van der Waals surface area (Å²) in [6.07, 6.45) is 4.44. The van der Waals surface area contributed by atoms with Gasteiger partial charge in [0.05, 0.1) is 31.0 Å². The highest BCUT2D eigenvalue weighted by atomic mass is 35.5. The van der Waals surface area contributed by atoms with E-state index in [1.807, 2.05) is 0 Å². The highest BCUT2D eigenvalue weighted by Gasteiger charge is 2.35. The van der Waals surface area contributed by atoms with Gasteiger partial charge in [0.2, 0.25) is 11.9 Å². The molecule has 2 aromatic rings. The Morgan fingerprint density at radius 3 is 2.52 bits per heavy atom. The average Bonchev–Trinajstić information content (AvgIpc) is 3.04. The zero-order valence-electron chi connectivity index (χ0n) is 16.2. The monoisotopic (exact) mass is 440 g/mol. The molecule has 3 aliphatic rings. The quantitative estimate of drug-likeness (QED) is 0.719. The van der Waals surface area contributed by atoms with E-state index in [4.69, 9.17) is 20.4 Å². The van der Waals surface area contributed by atoms with E-state index >= 15 is 0 Å². The average molecular weight is 441 g/mol. The lowest BCUT2D eigenvalue weighted by Gasteiger charge is -2.38. The van der Waals surface area contributed by atoms with Crippen LogP contribution in [0.1, 0.15) is 12.5 Å². The molecule has 11 heteroatoms. The molecule has 0 saturated carbocycles. The maximum absolute atomic E-state index is 5.68. The Hall–Kier alpha value is -1.94. The number of hydrogen-bond acceptors (Lipinski definition) is 9. The van der Waals surface area contributed by atoms with Gasteiger partial charge in [-0.25, -0.2) is 15.0 Å². The molecule has 5 heterocycles. The van der Waals surface area contributed by atoms with Crippen molar-refractivity contribution in [3.05, 3.63) is 18.0 Å². The summed E-state index contributed by atoms with van der Waals surface area (Å²) >= 11 is 0. The molecular weight excluding hydrogens is 415 g/mol. The van der Waals surface area contributed by atoms with Crippen LogP contribution in [-0.4, -0.2) is 71.4 Å². The summed E-state index contributed by atoms with van der Waals surface area (Å²) in [5, 5.41) is 3.36. The first-order valence-corrected chi connectivity index (χ1v) is 9.51. The second kappa shape index (κ2) is 8.83. The third-order valence-electron chi connectivity index (χ3n) is 5.62. The molecule has 29 heavy (non-hydrogen) atoms. The van der Waals surface area contributed by atoms with Gasteiger partial charge in [0, 0.05) is 49.7 Å². The van der Waals surface area contributed by atoms with Crippen molar-refractivity contribution in [2.45, 2.75) is 25.4 Å². The second-order valence-electron chi connectivity index (χ2n) is 7.38. The summed E-state index contributed by atoms with van der Waals surface area (Å²) in [5.74, 6) is 2.08. The minimum atomic E-state index is 0. The lowest BCUT2D eigenvalue weighted by molar-refractivity contribution is 0.0981. The van der Waals surface area contributed by atoms with Crippen molar-refractivity contribution in [3.63, 3.8) is 0 Å². The third-order valence-corrected chi connectivity index (χ3v) is 5.62. The van der Waals surface area contributed by atoms with Crippen molar-refractivity contribution in [1.82, 2.24) is 25.3 Å². The Morgan fingerprint density at radius 1 is 1.10 bits per heavy atom. The minimum absolute atomic E-state index is 0.